The summed E-state index contributed by atoms with van der Waals surface area (Å²) in [7, 11) is 1.32. The highest BCUT2D eigenvalue weighted by Crippen LogP contribution is 2.31. The van der Waals surface area contributed by atoms with Gasteiger partial charge in [0.05, 0.1) is 17.6 Å². The summed E-state index contributed by atoms with van der Waals surface area (Å²) < 4.78 is 4.93. The van der Waals surface area contributed by atoms with Crippen molar-refractivity contribution in [3.63, 3.8) is 0 Å². The number of methoxy groups -OCH3 is 1. The standard InChI is InChI=1S/C13H11NO4S2/c1-18-12(17)9-4-2-8(3-5-9)6-10-11(16)14(7-15)13(19)20-10/h2-6,15H,7H2,1H3. The molecule has 1 heterocycles. The number of aliphatic hydroxyl groups excluding tert-OH is 1. The smallest absolute Gasteiger partial charge is 0.337 e. The maximum absolute atomic E-state index is 11.9. The number of esters is 1. The molecule has 1 aliphatic rings. The van der Waals surface area contributed by atoms with Crippen molar-refractivity contribution in [1.29, 1.82) is 0 Å². The topological polar surface area (TPSA) is 66.8 Å². The van der Waals surface area contributed by atoms with Crippen LogP contribution in [0.2, 0.25) is 0 Å². The minimum atomic E-state index is -0.427. The van der Waals surface area contributed by atoms with Gasteiger partial charge in [-0.25, -0.2) is 4.79 Å². The summed E-state index contributed by atoms with van der Waals surface area (Å²) in [6.07, 6.45) is 1.66. The van der Waals surface area contributed by atoms with Crippen LogP contribution >= 0.6 is 24.0 Å². The van der Waals surface area contributed by atoms with Gasteiger partial charge < -0.3 is 9.84 Å². The minimum absolute atomic E-state index is 0.320. The second-order valence-electron chi connectivity index (χ2n) is 3.86. The summed E-state index contributed by atoms with van der Waals surface area (Å²) in [6, 6.07) is 6.64. The van der Waals surface area contributed by atoms with E-state index in [9.17, 15) is 9.59 Å². The molecule has 20 heavy (non-hydrogen) atoms. The van der Waals surface area contributed by atoms with Crippen molar-refractivity contribution in [2.75, 3.05) is 13.8 Å². The summed E-state index contributed by atoms with van der Waals surface area (Å²) in [4.78, 5) is 24.7. The van der Waals surface area contributed by atoms with Gasteiger partial charge in [0.25, 0.3) is 5.91 Å². The van der Waals surface area contributed by atoms with Gasteiger partial charge in [0.2, 0.25) is 0 Å². The molecule has 7 heteroatoms. The molecule has 5 nitrogen and oxygen atoms in total. The number of carbonyl (C=O) groups is 2. The van der Waals surface area contributed by atoms with Gasteiger partial charge in [-0.2, -0.15) is 0 Å². The van der Waals surface area contributed by atoms with Crippen LogP contribution in [0.5, 0.6) is 0 Å². The van der Waals surface area contributed by atoms with Crippen LogP contribution in [-0.4, -0.2) is 40.0 Å². The summed E-state index contributed by atoms with van der Waals surface area (Å²) in [5.74, 6) is -0.734. The fraction of sp³-hybridized carbons (Fsp3) is 0.154. The molecule has 1 fully saturated rings. The van der Waals surface area contributed by atoms with Crippen molar-refractivity contribution in [2.45, 2.75) is 0 Å². The number of rotatable bonds is 3. The molecule has 1 N–H and O–H groups in total. The third kappa shape index (κ3) is 2.90. The summed E-state index contributed by atoms with van der Waals surface area (Å²) in [6.45, 7) is -0.427. The zero-order valence-electron chi connectivity index (χ0n) is 10.5. The third-order valence-corrected chi connectivity index (χ3v) is 4.02. The Morgan fingerprint density at radius 1 is 1.45 bits per heavy atom. The van der Waals surface area contributed by atoms with Gasteiger partial charge in [0.1, 0.15) is 11.1 Å². The number of carbonyl (C=O) groups excluding carboxylic acids is 2. The van der Waals surface area contributed by atoms with Gasteiger partial charge in [-0.3, -0.25) is 9.69 Å². The van der Waals surface area contributed by atoms with E-state index in [0.717, 1.165) is 22.2 Å². The summed E-state index contributed by atoms with van der Waals surface area (Å²) in [5.41, 5.74) is 1.20. The van der Waals surface area contributed by atoms with Crippen molar-refractivity contribution in [1.82, 2.24) is 4.90 Å². The first-order valence-electron chi connectivity index (χ1n) is 5.61. The van der Waals surface area contributed by atoms with E-state index in [0.29, 0.717) is 14.8 Å². The van der Waals surface area contributed by atoms with E-state index in [1.54, 1.807) is 30.3 Å². The number of nitrogens with zero attached hydrogens (tertiary/aromatic N) is 1. The van der Waals surface area contributed by atoms with Crippen LogP contribution in [-0.2, 0) is 9.53 Å². The minimum Gasteiger partial charge on any atom is -0.465 e. The molecule has 0 atom stereocenters. The Labute approximate surface area is 125 Å². The van der Waals surface area contributed by atoms with Gasteiger partial charge >= 0.3 is 5.97 Å². The van der Waals surface area contributed by atoms with Gasteiger partial charge in [0, 0.05) is 0 Å². The van der Waals surface area contributed by atoms with Crippen LogP contribution in [0, 0.1) is 0 Å². The molecule has 0 aliphatic carbocycles. The molecule has 104 valence electrons. The van der Waals surface area contributed by atoms with Crippen LogP contribution in [0.15, 0.2) is 29.2 Å². The molecule has 0 aromatic heterocycles. The normalized spacial score (nSPS) is 16.9. The Morgan fingerprint density at radius 2 is 2.10 bits per heavy atom. The molecule has 1 aromatic carbocycles. The van der Waals surface area contributed by atoms with Crippen LogP contribution < -0.4 is 0 Å². The lowest BCUT2D eigenvalue weighted by atomic mass is 10.1. The van der Waals surface area contributed by atoms with Crippen molar-refractivity contribution in [3.05, 3.63) is 40.3 Å². The molecule has 1 amide bonds. The summed E-state index contributed by atoms with van der Waals surface area (Å²) >= 11 is 6.12. The van der Waals surface area contributed by atoms with E-state index in [-0.39, 0.29) is 5.91 Å². The Hall–Kier alpha value is -1.70. The first-order valence-corrected chi connectivity index (χ1v) is 6.84. The molecule has 0 saturated carbocycles. The Bertz CT molecular complexity index is 595. The SMILES string of the molecule is COC(=O)c1ccc(C=C2SC(=S)N(CO)C2=O)cc1. The Morgan fingerprint density at radius 3 is 2.60 bits per heavy atom. The molecule has 2 rings (SSSR count). The molecule has 1 saturated heterocycles. The number of hydrogen-bond donors (Lipinski definition) is 1. The average molecular weight is 309 g/mol. The summed E-state index contributed by atoms with van der Waals surface area (Å²) in [5, 5.41) is 9.04. The maximum Gasteiger partial charge on any atom is 0.337 e. The van der Waals surface area contributed by atoms with Crippen LogP contribution in [0.25, 0.3) is 6.08 Å². The van der Waals surface area contributed by atoms with E-state index >= 15 is 0 Å². The van der Waals surface area contributed by atoms with E-state index < -0.39 is 12.7 Å². The third-order valence-electron chi connectivity index (χ3n) is 2.64. The van der Waals surface area contributed by atoms with Crippen LogP contribution in [0.4, 0.5) is 0 Å². The van der Waals surface area contributed by atoms with Crippen molar-refractivity contribution >= 4 is 46.3 Å². The number of aliphatic hydroxyl groups is 1. The highest BCUT2D eigenvalue weighted by atomic mass is 32.2. The molecule has 0 spiro atoms. The predicted octanol–water partition coefficient (Wildman–Crippen LogP) is 1.62. The fourth-order valence-electron chi connectivity index (χ4n) is 1.61. The predicted molar refractivity (Wildman–Crippen MR) is 79.9 cm³/mol. The first-order chi connectivity index (χ1) is 9.56. The van der Waals surface area contributed by atoms with Gasteiger partial charge in [-0.05, 0) is 23.8 Å². The lowest BCUT2D eigenvalue weighted by Gasteiger charge is -2.08. The molecule has 1 aliphatic heterocycles. The number of benzene rings is 1. The van der Waals surface area contributed by atoms with Gasteiger partial charge in [-0.15, -0.1) is 0 Å². The van der Waals surface area contributed by atoms with Gasteiger partial charge in [-0.1, -0.05) is 36.1 Å². The largest absolute Gasteiger partial charge is 0.465 e. The first kappa shape index (κ1) is 14.7. The number of amides is 1. The Balaban J connectivity index is 2.22. The van der Waals surface area contributed by atoms with E-state index in [4.69, 9.17) is 17.3 Å². The number of thiocarbonyl (C=S) groups is 1. The quantitative estimate of drug-likeness (QED) is 0.520. The van der Waals surface area contributed by atoms with Gasteiger partial charge in [0.15, 0.2) is 0 Å². The average Bonchev–Trinajstić information content (AvgIpc) is 2.73. The van der Waals surface area contributed by atoms with E-state index in [1.165, 1.54) is 7.11 Å². The van der Waals surface area contributed by atoms with Crippen LogP contribution in [0.3, 0.4) is 0 Å². The van der Waals surface area contributed by atoms with Crippen molar-refractivity contribution in [2.24, 2.45) is 0 Å². The number of hydrogen-bond acceptors (Lipinski definition) is 6. The van der Waals surface area contributed by atoms with Crippen molar-refractivity contribution < 1.29 is 19.4 Å². The molecule has 0 bridgehead atoms. The zero-order valence-corrected chi connectivity index (χ0v) is 12.2. The van der Waals surface area contributed by atoms with E-state index in [2.05, 4.69) is 4.74 Å². The van der Waals surface area contributed by atoms with Crippen LogP contribution in [0.1, 0.15) is 15.9 Å². The molecular formula is C13H11NO4S2. The monoisotopic (exact) mass is 309 g/mol. The highest BCUT2D eigenvalue weighted by Gasteiger charge is 2.31. The second-order valence-corrected chi connectivity index (χ2v) is 5.54. The lowest BCUT2D eigenvalue weighted by molar-refractivity contribution is -0.124. The molecular weight excluding hydrogens is 298 g/mol. The fourth-order valence-corrected chi connectivity index (χ4v) is 2.85. The number of thioether (sulfide) groups is 1. The number of ether oxygens (including phenoxy) is 1. The highest BCUT2D eigenvalue weighted by molar-refractivity contribution is 8.26. The zero-order chi connectivity index (χ0) is 14.7. The van der Waals surface area contributed by atoms with E-state index in [1.807, 2.05) is 0 Å². The molecule has 0 radical (unpaired) electrons. The van der Waals surface area contributed by atoms with Crippen molar-refractivity contribution in [3.8, 4) is 0 Å². The maximum atomic E-state index is 11.9. The lowest BCUT2D eigenvalue weighted by Crippen LogP contribution is -2.28. The second kappa shape index (κ2) is 6.17. The molecule has 1 aromatic rings. The molecule has 0 unspecified atom stereocenters. The Kier molecular flexibility index (Phi) is 4.53.